The average molecular weight is 468 g/mol. The summed E-state index contributed by atoms with van der Waals surface area (Å²) >= 11 is 0. The third-order valence-electron chi connectivity index (χ3n) is 6.27. The second-order valence-electron chi connectivity index (χ2n) is 8.55. The van der Waals surface area contributed by atoms with Gasteiger partial charge in [0.1, 0.15) is 17.6 Å². The standard InChI is InChI=1S/C27H25N5O3/c1-18-23(26(33)27(34)31-13-5-6-14-31)17-32-25(18)24(19(15-28)16-29-32)30-20-9-11-22(12-10-20)35-21-7-3-2-4-8-21/h2-4,7-12,16-17,27,30,34H,5-6,13-14H2,1H3. The van der Waals surface area contributed by atoms with Crippen molar-refractivity contribution in [1.29, 1.82) is 5.26 Å². The molecule has 0 spiro atoms. The number of aryl methyl sites for hydroxylation is 1. The minimum atomic E-state index is -1.18. The van der Waals surface area contributed by atoms with Crippen molar-refractivity contribution >= 4 is 22.7 Å². The topological polar surface area (TPSA) is 103 Å². The first-order chi connectivity index (χ1) is 17.0. The largest absolute Gasteiger partial charge is 0.457 e. The Morgan fingerprint density at radius 2 is 1.80 bits per heavy atom. The van der Waals surface area contributed by atoms with Crippen molar-refractivity contribution in [1.82, 2.24) is 14.5 Å². The Balaban J connectivity index is 1.45. The molecule has 0 radical (unpaired) electrons. The minimum Gasteiger partial charge on any atom is -0.457 e. The number of rotatable bonds is 7. The van der Waals surface area contributed by atoms with E-state index in [0.29, 0.717) is 46.7 Å². The molecule has 2 aromatic carbocycles. The number of hydrogen-bond acceptors (Lipinski definition) is 7. The molecule has 1 aliphatic heterocycles. The number of Topliss-reactive ketones (excluding diaryl/α,β-unsaturated/α-hetero) is 1. The Morgan fingerprint density at radius 3 is 2.49 bits per heavy atom. The van der Waals surface area contributed by atoms with Crippen LogP contribution in [0.25, 0.3) is 5.52 Å². The first-order valence-electron chi connectivity index (χ1n) is 11.5. The van der Waals surface area contributed by atoms with Gasteiger partial charge in [0.15, 0.2) is 6.23 Å². The molecule has 0 saturated carbocycles. The summed E-state index contributed by atoms with van der Waals surface area (Å²) in [5.41, 5.74) is 3.31. The van der Waals surface area contributed by atoms with E-state index in [4.69, 9.17) is 4.74 Å². The number of aliphatic hydroxyl groups is 1. The van der Waals surface area contributed by atoms with E-state index in [-0.39, 0.29) is 5.78 Å². The number of nitrogens with zero attached hydrogens (tertiary/aromatic N) is 4. The van der Waals surface area contributed by atoms with Crippen LogP contribution in [0, 0.1) is 18.3 Å². The molecule has 1 saturated heterocycles. The number of carbonyl (C=O) groups is 1. The number of fused-ring (bicyclic) bond motifs is 1. The molecule has 1 unspecified atom stereocenters. The zero-order valence-electron chi connectivity index (χ0n) is 19.3. The molecule has 0 bridgehead atoms. The van der Waals surface area contributed by atoms with E-state index < -0.39 is 6.23 Å². The van der Waals surface area contributed by atoms with Gasteiger partial charge >= 0.3 is 0 Å². The number of nitrogens with one attached hydrogen (secondary N) is 1. The summed E-state index contributed by atoms with van der Waals surface area (Å²) in [6.07, 6.45) is 3.84. The van der Waals surface area contributed by atoms with E-state index in [1.807, 2.05) is 61.5 Å². The molecule has 4 aromatic rings. The summed E-state index contributed by atoms with van der Waals surface area (Å²) in [6, 6.07) is 19.1. The number of aromatic nitrogens is 2. The summed E-state index contributed by atoms with van der Waals surface area (Å²) < 4.78 is 7.43. The van der Waals surface area contributed by atoms with Crippen molar-refractivity contribution in [3.8, 4) is 17.6 Å². The Morgan fingerprint density at radius 1 is 1.11 bits per heavy atom. The summed E-state index contributed by atoms with van der Waals surface area (Å²) in [7, 11) is 0. The monoisotopic (exact) mass is 467 g/mol. The first kappa shape index (κ1) is 22.6. The maximum Gasteiger partial charge on any atom is 0.208 e. The third kappa shape index (κ3) is 4.47. The van der Waals surface area contributed by atoms with Gasteiger partial charge in [-0.3, -0.25) is 9.69 Å². The van der Waals surface area contributed by atoms with Gasteiger partial charge in [-0.1, -0.05) is 18.2 Å². The van der Waals surface area contributed by atoms with Crippen molar-refractivity contribution in [2.24, 2.45) is 0 Å². The molecule has 8 heteroatoms. The second-order valence-corrected chi connectivity index (χ2v) is 8.55. The van der Waals surface area contributed by atoms with Gasteiger partial charge in [0.25, 0.3) is 0 Å². The number of nitriles is 1. The SMILES string of the molecule is Cc1c(C(=O)C(O)N2CCCC2)cn2ncc(C#N)c(Nc3ccc(Oc4ccccc4)cc3)c12. The number of carbonyl (C=O) groups excluding carboxylic acids is 1. The van der Waals surface area contributed by atoms with Crippen molar-refractivity contribution in [3.05, 3.63) is 83.7 Å². The molecular weight excluding hydrogens is 442 g/mol. The molecule has 3 heterocycles. The lowest BCUT2D eigenvalue weighted by Gasteiger charge is -2.20. The van der Waals surface area contributed by atoms with Crippen LogP contribution in [-0.4, -0.2) is 44.7 Å². The fourth-order valence-electron chi connectivity index (χ4n) is 4.41. The van der Waals surface area contributed by atoms with Gasteiger partial charge in [0.2, 0.25) is 5.78 Å². The Bertz CT molecular complexity index is 1400. The van der Waals surface area contributed by atoms with Crippen LogP contribution in [0.2, 0.25) is 0 Å². The maximum atomic E-state index is 13.1. The lowest BCUT2D eigenvalue weighted by Crippen LogP contribution is -2.39. The number of anilines is 2. The van der Waals surface area contributed by atoms with Gasteiger partial charge in [-0.2, -0.15) is 10.4 Å². The van der Waals surface area contributed by atoms with E-state index in [0.717, 1.165) is 24.3 Å². The summed E-state index contributed by atoms with van der Waals surface area (Å²) in [5.74, 6) is 1.07. The first-order valence-corrected chi connectivity index (χ1v) is 11.5. The predicted molar refractivity (Wildman–Crippen MR) is 132 cm³/mol. The molecule has 0 aliphatic carbocycles. The number of benzene rings is 2. The molecule has 1 fully saturated rings. The zero-order valence-corrected chi connectivity index (χ0v) is 19.3. The number of likely N-dealkylation sites (tertiary alicyclic amines) is 1. The smallest absolute Gasteiger partial charge is 0.208 e. The number of ketones is 1. The average Bonchev–Trinajstić information content (AvgIpc) is 3.54. The van der Waals surface area contributed by atoms with E-state index in [1.165, 1.54) is 6.20 Å². The van der Waals surface area contributed by atoms with Gasteiger partial charge in [0, 0.05) is 30.5 Å². The van der Waals surface area contributed by atoms with Crippen LogP contribution < -0.4 is 10.1 Å². The Hall–Kier alpha value is -4.19. The Kier molecular flexibility index (Phi) is 6.19. The predicted octanol–water partition coefficient (Wildman–Crippen LogP) is 4.65. The van der Waals surface area contributed by atoms with Crippen molar-refractivity contribution in [2.45, 2.75) is 26.0 Å². The van der Waals surface area contributed by atoms with Crippen LogP contribution in [0.1, 0.15) is 34.3 Å². The normalized spacial score (nSPS) is 14.5. The van der Waals surface area contributed by atoms with E-state index >= 15 is 0 Å². The Labute approximate surface area is 203 Å². The molecule has 2 N–H and O–H groups in total. The van der Waals surface area contributed by atoms with E-state index in [9.17, 15) is 15.2 Å². The van der Waals surface area contributed by atoms with Crippen LogP contribution in [0.15, 0.2) is 67.0 Å². The summed E-state index contributed by atoms with van der Waals surface area (Å²) in [5, 5.41) is 28.0. The highest BCUT2D eigenvalue weighted by molar-refractivity contribution is 6.03. The third-order valence-corrected chi connectivity index (χ3v) is 6.27. The molecule has 1 aliphatic rings. The second kappa shape index (κ2) is 9.58. The fourth-order valence-corrected chi connectivity index (χ4v) is 4.41. The van der Waals surface area contributed by atoms with Gasteiger partial charge in [-0.15, -0.1) is 0 Å². The van der Waals surface area contributed by atoms with Crippen LogP contribution in [0.5, 0.6) is 11.5 Å². The van der Waals surface area contributed by atoms with Crippen molar-refractivity contribution in [2.75, 3.05) is 18.4 Å². The molecule has 2 aromatic heterocycles. The molecule has 176 valence electrons. The van der Waals surface area contributed by atoms with Crippen LogP contribution in [0.4, 0.5) is 11.4 Å². The van der Waals surface area contributed by atoms with Gasteiger partial charge in [-0.25, -0.2) is 4.52 Å². The van der Waals surface area contributed by atoms with E-state index in [1.54, 1.807) is 15.6 Å². The highest BCUT2D eigenvalue weighted by Gasteiger charge is 2.29. The van der Waals surface area contributed by atoms with Crippen LogP contribution in [0.3, 0.4) is 0 Å². The van der Waals surface area contributed by atoms with E-state index in [2.05, 4.69) is 16.5 Å². The van der Waals surface area contributed by atoms with Gasteiger partial charge < -0.3 is 15.2 Å². The van der Waals surface area contributed by atoms with Gasteiger partial charge in [-0.05, 0) is 61.7 Å². The maximum absolute atomic E-state index is 13.1. The van der Waals surface area contributed by atoms with Crippen molar-refractivity contribution in [3.63, 3.8) is 0 Å². The highest BCUT2D eigenvalue weighted by Crippen LogP contribution is 2.32. The zero-order chi connectivity index (χ0) is 24.4. The summed E-state index contributed by atoms with van der Waals surface area (Å²) in [6.45, 7) is 3.21. The lowest BCUT2D eigenvalue weighted by atomic mass is 10.1. The molecule has 35 heavy (non-hydrogen) atoms. The molecule has 1 atom stereocenters. The minimum absolute atomic E-state index is 0.349. The quantitative estimate of drug-likeness (QED) is 0.382. The number of aliphatic hydroxyl groups excluding tert-OH is 1. The lowest BCUT2D eigenvalue weighted by molar-refractivity contribution is 0.0217. The number of hydrogen-bond donors (Lipinski definition) is 2. The van der Waals surface area contributed by atoms with Crippen LogP contribution >= 0.6 is 0 Å². The van der Waals surface area contributed by atoms with Crippen LogP contribution in [-0.2, 0) is 0 Å². The summed E-state index contributed by atoms with van der Waals surface area (Å²) in [4.78, 5) is 14.9. The highest BCUT2D eigenvalue weighted by atomic mass is 16.5. The van der Waals surface area contributed by atoms with Gasteiger partial charge in [0.05, 0.1) is 23.0 Å². The number of para-hydroxylation sites is 1. The fraction of sp³-hybridized carbons (Fsp3) is 0.222. The number of ether oxygens (including phenoxy) is 1. The molecule has 8 nitrogen and oxygen atoms in total. The molecule has 0 amide bonds. The molecular formula is C27H25N5O3. The molecule has 5 rings (SSSR count). The van der Waals surface area contributed by atoms with Crippen molar-refractivity contribution < 1.29 is 14.6 Å².